The van der Waals surface area contributed by atoms with Gasteiger partial charge in [0.15, 0.2) is 0 Å². The molecular weight excluding hydrogens is 414 g/mol. The molecule has 0 unspecified atom stereocenters. The molecule has 1 aliphatic rings. The van der Waals surface area contributed by atoms with Gasteiger partial charge in [0.2, 0.25) is 10.0 Å². The second-order valence-electron chi connectivity index (χ2n) is 6.77. The Morgan fingerprint density at radius 1 is 1.20 bits per heavy atom. The van der Waals surface area contributed by atoms with Crippen molar-refractivity contribution in [3.63, 3.8) is 0 Å². The molecule has 0 saturated heterocycles. The Labute approximate surface area is 174 Å². The number of likely N-dealkylation sites (N-methyl/N-ethyl adjacent to an activating group) is 1. The Morgan fingerprint density at radius 2 is 1.93 bits per heavy atom. The number of hydrogen-bond acceptors (Lipinski definition) is 7. The van der Waals surface area contributed by atoms with Crippen molar-refractivity contribution in [1.82, 2.24) is 4.31 Å². The van der Waals surface area contributed by atoms with Gasteiger partial charge in [-0.05, 0) is 31.2 Å². The molecule has 0 saturated carbocycles. The molecule has 2 aromatic rings. The number of hydrogen-bond donors (Lipinski definition) is 1. The first-order valence-electron chi connectivity index (χ1n) is 9.15. The van der Waals surface area contributed by atoms with Gasteiger partial charge in [-0.3, -0.25) is 0 Å². The number of carboxylic acids is 1. The van der Waals surface area contributed by atoms with Crippen molar-refractivity contribution in [1.29, 1.82) is 0 Å². The van der Waals surface area contributed by atoms with Crippen LogP contribution in [-0.2, 0) is 14.8 Å². The lowest BCUT2D eigenvalue weighted by Gasteiger charge is -2.16. The molecule has 3 rings (SSSR count). The largest absolute Gasteiger partial charge is 0.491 e. The number of sulfonamides is 1. The van der Waals surface area contributed by atoms with Crippen LogP contribution in [0.15, 0.2) is 41.3 Å². The molecule has 0 amide bonds. The summed E-state index contributed by atoms with van der Waals surface area (Å²) in [5.41, 5.74) is -0.0117. The zero-order valence-electron chi connectivity index (χ0n) is 16.8. The van der Waals surface area contributed by atoms with Crippen LogP contribution in [-0.4, -0.2) is 63.8 Å². The predicted octanol–water partition coefficient (Wildman–Crippen LogP) is 2.60. The van der Waals surface area contributed by atoms with Crippen molar-refractivity contribution in [2.75, 3.05) is 33.9 Å². The fourth-order valence-electron chi connectivity index (χ4n) is 2.91. The van der Waals surface area contributed by atoms with Crippen LogP contribution in [0.25, 0.3) is 0 Å². The third-order valence-corrected chi connectivity index (χ3v) is 6.26. The van der Waals surface area contributed by atoms with E-state index in [0.29, 0.717) is 18.1 Å². The van der Waals surface area contributed by atoms with Gasteiger partial charge in [0.25, 0.3) is 0 Å². The highest BCUT2D eigenvalue weighted by Gasteiger charge is 2.28. The average molecular weight is 437 g/mol. The highest BCUT2D eigenvalue weighted by atomic mass is 32.2. The number of aromatic carboxylic acids is 1. The molecule has 1 aliphatic heterocycles. The molecule has 2 aromatic carbocycles. The fourth-order valence-corrected chi connectivity index (χ4v) is 4.17. The van der Waals surface area contributed by atoms with Crippen LogP contribution in [0.3, 0.4) is 0 Å². The van der Waals surface area contributed by atoms with Crippen LogP contribution < -0.4 is 14.2 Å². The van der Waals surface area contributed by atoms with Gasteiger partial charge >= 0.3 is 5.97 Å². The maximum absolute atomic E-state index is 12.5. The summed E-state index contributed by atoms with van der Waals surface area (Å²) < 4.78 is 48.4. The Hall–Kier alpha value is -2.82. The molecule has 0 aliphatic carbocycles. The van der Waals surface area contributed by atoms with E-state index >= 15 is 0 Å². The molecule has 1 heterocycles. The number of carbonyl (C=O) groups is 1. The minimum Gasteiger partial charge on any atom is -0.491 e. The van der Waals surface area contributed by atoms with E-state index in [0.717, 1.165) is 0 Å². The van der Waals surface area contributed by atoms with E-state index in [1.165, 1.54) is 41.7 Å². The van der Waals surface area contributed by atoms with E-state index in [9.17, 15) is 18.3 Å². The SMILES string of the molecule is COC[C@H](C)Oc1cc(Oc2ccc3c(c2)OCCN(C)S3(=O)=O)cc(C(=O)O)c1. The molecule has 0 radical (unpaired) electrons. The monoisotopic (exact) mass is 437 g/mol. The van der Waals surface area contributed by atoms with E-state index in [2.05, 4.69) is 0 Å². The number of fused-ring (bicyclic) bond motifs is 1. The molecule has 1 atom stereocenters. The predicted molar refractivity (Wildman–Crippen MR) is 107 cm³/mol. The van der Waals surface area contributed by atoms with E-state index in [1.54, 1.807) is 20.1 Å². The smallest absolute Gasteiger partial charge is 0.335 e. The number of nitrogens with zero attached hydrogens (tertiary/aromatic N) is 1. The Balaban J connectivity index is 1.91. The van der Waals surface area contributed by atoms with Crippen LogP contribution in [0.2, 0.25) is 0 Å². The van der Waals surface area contributed by atoms with Crippen molar-refractivity contribution < 1.29 is 37.3 Å². The molecule has 0 fully saturated rings. The van der Waals surface area contributed by atoms with Crippen LogP contribution >= 0.6 is 0 Å². The first kappa shape index (κ1) is 21.9. The van der Waals surface area contributed by atoms with Crippen molar-refractivity contribution in [2.24, 2.45) is 0 Å². The summed E-state index contributed by atoms with van der Waals surface area (Å²) in [6.45, 7) is 2.56. The van der Waals surface area contributed by atoms with Crippen molar-refractivity contribution in [3.8, 4) is 23.0 Å². The summed E-state index contributed by atoms with van der Waals surface area (Å²) in [4.78, 5) is 11.5. The second-order valence-corrected chi connectivity index (χ2v) is 8.78. The summed E-state index contributed by atoms with van der Waals surface area (Å²) in [5, 5.41) is 9.38. The Kier molecular flexibility index (Phi) is 6.49. The lowest BCUT2D eigenvalue weighted by Crippen LogP contribution is -2.28. The van der Waals surface area contributed by atoms with E-state index in [-0.39, 0.29) is 41.2 Å². The number of carboxylic acid groups (broad SMARTS) is 1. The molecule has 30 heavy (non-hydrogen) atoms. The van der Waals surface area contributed by atoms with Crippen LogP contribution in [0.4, 0.5) is 0 Å². The molecule has 10 heteroatoms. The average Bonchev–Trinajstić information content (AvgIpc) is 2.78. The maximum Gasteiger partial charge on any atom is 0.335 e. The molecule has 9 nitrogen and oxygen atoms in total. The second kappa shape index (κ2) is 8.90. The summed E-state index contributed by atoms with van der Waals surface area (Å²) >= 11 is 0. The van der Waals surface area contributed by atoms with Gasteiger partial charge in [-0.2, -0.15) is 4.31 Å². The van der Waals surface area contributed by atoms with Crippen molar-refractivity contribution in [2.45, 2.75) is 17.9 Å². The zero-order valence-corrected chi connectivity index (χ0v) is 17.6. The summed E-state index contributed by atoms with van der Waals surface area (Å²) in [5.74, 6) is -0.125. The lowest BCUT2D eigenvalue weighted by atomic mass is 10.2. The molecule has 0 aromatic heterocycles. The summed E-state index contributed by atoms with van der Waals surface area (Å²) in [6, 6.07) is 8.65. The van der Waals surface area contributed by atoms with Crippen LogP contribution in [0.5, 0.6) is 23.0 Å². The maximum atomic E-state index is 12.5. The molecule has 162 valence electrons. The van der Waals surface area contributed by atoms with E-state index in [4.69, 9.17) is 18.9 Å². The van der Waals surface area contributed by atoms with Gasteiger partial charge in [-0.15, -0.1) is 0 Å². The minimum absolute atomic E-state index is 0.0117. The normalized spacial score (nSPS) is 16.6. The first-order chi connectivity index (χ1) is 14.2. The zero-order chi connectivity index (χ0) is 21.9. The Morgan fingerprint density at radius 3 is 2.63 bits per heavy atom. The summed E-state index contributed by atoms with van der Waals surface area (Å²) in [6.07, 6.45) is -0.296. The third kappa shape index (κ3) is 4.84. The lowest BCUT2D eigenvalue weighted by molar-refractivity contribution is 0.0693. The molecular formula is C20H23NO8S. The van der Waals surface area contributed by atoms with Gasteiger partial charge in [0, 0.05) is 32.8 Å². The van der Waals surface area contributed by atoms with E-state index in [1.807, 2.05) is 0 Å². The van der Waals surface area contributed by atoms with Gasteiger partial charge in [-0.25, -0.2) is 13.2 Å². The molecule has 0 bridgehead atoms. The van der Waals surface area contributed by atoms with Crippen LogP contribution in [0.1, 0.15) is 17.3 Å². The van der Waals surface area contributed by atoms with Crippen LogP contribution in [0, 0.1) is 0 Å². The topological polar surface area (TPSA) is 112 Å². The molecule has 0 spiro atoms. The fraction of sp³-hybridized carbons (Fsp3) is 0.350. The number of ether oxygens (including phenoxy) is 4. The highest BCUT2D eigenvalue weighted by molar-refractivity contribution is 7.89. The van der Waals surface area contributed by atoms with Gasteiger partial charge in [-0.1, -0.05) is 0 Å². The molecule has 1 N–H and O–H groups in total. The number of benzene rings is 2. The minimum atomic E-state index is -3.65. The number of methoxy groups -OCH3 is 1. The number of rotatable bonds is 7. The standard InChI is InChI=1S/C20H23NO8S/c1-13(12-26-3)28-16-8-14(20(22)23)9-17(10-16)29-15-4-5-19-18(11-15)27-7-6-21(2)30(19,24)25/h4-5,8-11,13H,6-7,12H2,1-3H3,(H,22,23)/t13-/m0/s1. The van der Waals surface area contributed by atoms with Crippen molar-refractivity contribution >= 4 is 16.0 Å². The highest BCUT2D eigenvalue weighted by Crippen LogP contribution is 2.35. The quantitative estimate of drug-likeness (QED) is 0.704. The van der Waals surface area contributed by atoms with Gasteiger partial charge < -0.3 is 24.1 Å². The van der Waals surface area contributed by atoms with E-state index < -0.39 is 16.0 Å². The van der Waals surface area contributed by atoms with Gasteiger partial charge in [0.1, 0.15) is 40.6 Å². The third-order valence-electron chi connectivity index (χ3n) is 4.37. The van der Waals surface area contributed by atoms with Crippen molar-refractivity contribution in [3.05, 3.63) is 42.0 Å². The Bertz CT molecular complexity index is 1040. The van der Waals surface area contributed by atoms with Gasteiger partial charge in [0.05, 0.1) is 12.2 Å². The summed E-state index contributed by atoms with van der Waals surface area (Å²) in [7, 11) is -0.617. The first-order valence-corrected chi connectivity index (χ1v) is 10.6.